The molecule has 2 heterocycles. The number of hydrogen-bond donors (Lipinski definition) is 1. The Labute approximate surface area is 171 Å². The second kappa shape index (κ2) is 9.45. The van der Waals surface area contributed by atoms with Gasteiger partial charge in [-0.05, 0) is 30.5 Å². The summed E-state index contributed by atoms with van der Waals surface area (Å²) in [4.78, 5) is 20.8. The third-order valence-corrected chi connectivity index (χ3v) is 5.16. The summed E-state index contributed by atoms with van der Waals surface area (Å²) in [5.74, 6) is 1.30. The number of benzene rings is 1. The van der Waals surface area contributed by atoms with Gasteiger partial charge in [-0.15, -0.1) is 0 Å². The van der Waals surface area contributed by atoms with E-state index in [2.05, 4.69) is 25.8 Å². The Morgan fingerprint density at radius 2 is 1.97 bits per heavy atom. The van der Waals surface area contributed by atoms with Gasteiger partial charge in [0.05, 0.1) is 17.8 Å². The Morgan fingerprint density at radius 3 is 2.62 bits per heavy atom. The lowest BCUT2D eigenvalue weighted by molar-refractivity contribution is 0.0697. The van der Waals surface area contributed by atoms with E-state index in [1.54, 1.807) is 24.4 Å². The summed E-state index contributed by atoms with van der Waals surface area (Å²) in [7, 11) is 0. The standard InChI is InChI=1S/C23H28N4O2/c1-4-6-11-21-25-22(16(3)5-2)26-27(21)15-17-12-13-20(24-14-17)18-9-7-8-10-19(18)23(28)29/h7-10,12-14,16H,4-6,11,15H2,1-3H3,(H,28,29). The summed E-state index contributed by atoms with van der Waals surface area (Å²) in [6, 6.07) is 10.8. The predicted octanol–water partition coefficient (Wildman–Crippen LogP) is 4.94. The average molecular weight is 393 g/mol. The van der Waals surface area contributed by atoms with Gasteiger partial charge in [0.1, 0.15) is 5.82 Å². The van der Waals surface area contributed by atoms with Gasteiger partial charge in [0.25, 0.3) is 0 Å². The molecule has 6 heteroatoms. The lowest BCUT2D eigenvalue weighted by atomic mass is 10.0. The summed E-state index contributed by atoms with van der Waals surface area (Å²) < 4.78 is 1.99. The molecule has 0 bridgehead atoms. The van der Waals surface area contributed by atoms with Gasteiger partial charge < -0.3 is 5.11 Å². The number of unbranched alkanes of at least 4 members (excludes halogenated alkanes) is 1. The maximum atomic E-state index is 11.5. The zero-order valence-corrected chi connectivity index (χ0v) is 17.3. The van der Waals surface area contributed by atoms with Gasteiger partial charge >= 0.3 is 5.97 Å². The summed E-state index contributed by atoms with van der Waals surface area (Å²) in [5.41, 5.74) is 2.54. The average Bonchev–Trinajstić information content (AvgIpc) is 3.14. The number of carboxylic acids is 1. The third-order valence-electron chi connectivity index (χ3n) is 5.16. The van der Waals surface area contributed by atoms with Crippen LogP contribution >= 0.6 is 0 Å². The van der Waals surface area contributed by atoms with Gasteiger partial charge in [0.2, 0.25) is 0 Å². The van der Waals surface area contributed by atoms with Crippen LogP contribution in [0.2, 0.25) is 0 Å². The molecule has 0 spiro atoms. The molecule has 0 saturated carbocycles. The second-order valence-electron chi connectivity index (χ2n) is 7.36. The lowest BCUT2D eigenvalue weighted by Gasteiger charge is -2.08. The van der Waals surface area contributed by atoms with Crippen molar-refractivity contribution in [2.75, 3.05) is 0 Å². The summed E-state index contributed by atoms with van der Waals surface area (Å²) >= 11 is 0. The predicted molar refractivity (Wildman–Crippen MR) is 113 cm³/mol. The highest BCUT2D eigenvalue weighted by atomic mass is 16.4. The molecule has 0 aliphatic carbocycles. The van der Waals surface area contributed by atoms with E-state index < -0.39 is 5.97 Å². The van der Waals surface area contributed by atoms with Gasteiger partial charge in [-0.25, -0.2) is 14.5 Å². The Bertz CT molecular complexity index is 963. The topological polar surface area (TPSA) is 80.9 Å². The highest BCUT2D eigenvalue weighted by Crippen LogP contribution is 2.22. The first kappa shape index (κ1) is 20.7. The van der Waals surface area contributed by atoms with Crippen molar-refractivity contribution in [1.29, 1.82) is 0 Å². The number of aromatic carboxylic acids is 1. The zero-order valence-electron chi connectivity index (χ0n) is 17.3. The second-order valence-corrected chi connectivity index (χ2v) is 7.36. The van der Waals surface area contributed by atoms with Crippen LogP contribution in [0.3, 0.4) is 0 Å². The van der Waals surface area contributed by atoms with E-state index >= 15 is 0 Å². The van der Waals surface area contributed by atoms with Crippen molar-refractivity contribution < 1.29 is 9.90 Å². The number of nitrogens with zero attached hydrogens (tertiary/aromatic N) is 4. The number of carboxylic acid groups (broad SMARTS) is 1. The maximum absolute atomic E-state index is 11.5. The molecule has 3 rings (SSSR count). The molecular weight excluding hydrogens is 364 g/mol. The van der Waals surface area contributed by atoms with E-state index in [9.17, 15) is 9.90 Å². The van der Waals surface area contributed by atoms with E-state index in [0.717, 1.165) is 42.9 Å². The molecular formula is C23H28N4O2. The van der Waals surface area contributed by atoms with Gasteiger partial charge in [-0.2, -0.15) is 5.10 Å². The molecule has 0 amide bonds. The van der Waals surface area contributed by atoms with Crippen molar-refractivity contribution in [2.45, 2.75) is 58.9 Å². The Balaban J connectivity index is 1.84. The van der Waals surface area contributed by atoms with Crippen LogP contribution in [-0.4, -0.2) is 30.8 Å². The maximum Gasteiger partial charge on any atom is 0.336 e. The molecule has 29 heavy (non-hydrogen) atoms. The highest BCUT2D eigenvalue weighted by Gasteiger charge is 2.15. The van der Waals surface area contributed by atoms with Crippen LogP contribution in [0.25, 0.3) is 11.3 Å². The molecule has 152 valence electrons. The Morgan fingerprint density at radius 1 is 1.17 bits per heavy atom. The quantitative estimate of drug-likeness (QED) is 0.558. The largest absolute Gasteiger partial charge is 0.478 e. The molecule has 3 aromatic rings. The first-order chi connectivity index (χ1) is 14.0. The Hall–Kier alpha value is -3.02. The fourth-order valence-electron chi connectivity index (χ4n) is 3.17. The van der Waals surface area contributed by atoms with Crippen molar-refractivity contribution in [3.05, 3.63) is 65.4 Å². The minimum absolute atomic E-state index is 0.254. The van der Waals surface area contributed by atoms with Gasteiger partial charge in [0.15, 0.2) is 5.82 Å². The third kappa shape index (κ3) is 4.88. The summed E-state index contributed by atoms with van der Waals surface area (Å²) in [5, 5.41) is 14.1. The normalized spacial score (nSPS) is 12.1. The summed E-state index contributed by atoms with van der Waals surface area (Å²) in [6.45, 7) is 7.08. The van der Waals surface area contributed by atoms with E-state index in [4.69, 9.17) is 10.1 Å². The van der Waals surface area contributed by atoms with Crippen LogP contribution in [0, 0.1) is 0 Å². The first-order valence-corrected chi connectivity index (χ1v) is 10.2. The number of pyridine rings is 1. The summed E-state index contributed by atoms with van der Waals surface area (Å²) in [6.07, 6.45) is 5.92. The van der Waals surface area contributed by atoms with E-state index in [1.807, 2.05) is 22.9 Å². The molecule has 0 fully saturated rings. The molecule has 1 N–H and O–H groups in total. The van der Waals surface area contributed by atoms with E-state index in [1.165, 1.54) is 0 Å². The highest BCUT2D eigenvalue weighted by molar-refractivity contribution is 5.95. The van der Waals surface area contributed by atoms with Crippen LogP contribution in [0.1, 0.15) is 73.5 Å². The van der Waals surface area contributed by atoms with E-state index in [-0.39, 0.29) is 5.56 Å². The minimum Gasteiger partial charge on any atom is -0.478 e. The lowest BCUT2D eigenvalue weighted by Crippen LogP contribution is -2.08. The van der Waals surface area contributed by atoms with Gasteiger partial charge in [-0.3, -0.25) is 4.98 Å². The number of hydrogen-bond acceptors (Lipinski definition) is 4. The fourth-order valence-corrected chi connectivity index (χ4v) is 3.17. The van der Waals surface area contributed by atoms with Crippen LogP contribution in [0.15, 0.2) is 42.6 Å². The zero-order chi connectivity index (χ0) is 20.8. The van der Waals surface area contributed by atoms with Crippen LogP contribution < -0.4 is 0 Å². The SMILES string of the molecule is CCCCc1nc(C(C)CC)nn1Cc1ccc(-c2ccccc2C(=O)O)nc1. The van der Waals surface area contributed by atoms with Crippen LogP contribution in [-0.2, 0) is 13.0 Å². The van der Waals surface area contributed by atoms with Crippen LogP contribution in [0.5, 0.6) is 0 Å². The van der Waals surface area contributed by atoms with Crippen molar-refractivity contribution in [1.82, 2.24) is 19.7 Å². The van der Waals surface area contributed by atoms with Crippen molar-refractivity contribution in [3.8, 4) is 11.3 Å². The molecule has 0 aliphatic heterocycles. The molecule has 6 nitrogen and oxygen atoms in total. The van der Waals surface area contributed by atoms with Crippen molar-refractivity contribution in [2.24, 2.45) is 0 Å². The monoisotopic (exact) mass is 392 g/mol. The number of aryl methyl sites for hydroxylation is 1. The molecule has 1 aromatic carbocycles. The molecule has 1 atom stereocenters. The van der Waals surface area contributed by atoms with Crippen molar-refractivity contribution in [3.63, 3.8) is 0 Å². The Kier molecular flexibility index (Phi) is 6.75. The number of carbonyl (C=O) groups is 1. The van der Waals surface area contributed by atoms with Gasteiger partial charge in [-0.1, -0.05) is 51.5 Å². The van der Waals surface area contributed by atoms with Crippen molar-refractivity contribution >= 4 is 5.97 Å². The smallest absolute Gasteiger partial charge is 0.336 e. The molecule has 0 radical (unpaired) electrons. The van der Waals surface area contributed by atoms with Crippen LogP contribution in [0.4, 0.5) is 0 Å². The molecule has 0 aliphatic rings. The number of aromatic nitrogens is 4. The molecule has 0 saturated heterocycles. The number of rotatable bonds is 9. The molecule has 1 unspecified atom stereocenters. The fraction of sp³-hybridized carbons (Fsp3) is 0.391. The van der Waals surface area contributed by atoms with E-state index in [0.29, 0.717) is 23.7 Å². The minimum atomic E-state index is -0.952. The van der Waals surface area contributed by atoms with Gasteiger partial charge in [0, 0.05) is 24.1 Å². The molecule has 2 aromatic heterocycles. The first-order valence-electron chi connectivity index (χ1n) is 10.2.